The van der Waals surface area contributed by atoms with Gasteiger partial charge >= 0.3 is 0 Å². The number of allylic oxidation sites excluding steroid dienone is 1. The van der Waals surface area contributed by atoms with E-state index in [0.717, 1.165) is 24.0 Å². The molecule has 1 aliphatic carbocycles. The van der Waals surface area contributed by atoms with Crippen molar-refractivity contribution in [1.82, 2.24) is 0 Å². The highest BCUT2D eigenvalue weighted by Crippen LogP contribution is 2.59. The Morgan fingerprint density at radius 2 is 2.11 bits per heavy atom. The number of carbonyl (C=O) groups excluding carboxylic acids is 1. The number of aldehydes is 1. The van der Waals surface area contributed by atoms with Gasteiger partial charge in [0.15, 0.2) is 0 Å². The number of carbonyl (C=O) groups is 1. The lowest BCUT2D eigenvalue weighted by molar-refractivity contribution is -0.108. The Bertz CT molecular complexity index is 530. The zero-order valence-electron chi connectivity index (χ0n) is 11.6. The van der Waals surface area contributed by atoms with Crippen LogP contribution in [0.5, 0.6) is 5.75 Å². The van der Waals surface area contributed by atoms with Gasteiger partial charge in [-0.05, 0) is 44.7 Å². The third kappa shape index (κ3) is 1.99. The van der Waals surface area contributed by atoms with Gasteiger partial charge < -0.3 is 9.53 Å². The number of fused-ring (bicyclic) bond motifs is 2. The molecule has 0 amide bonds. The molecule has 1 saturated carbocycles. The van der Waals surface area contributed by atoms with Crippen LogP contribution in [0.1, 0.15) is 50.2 Å². The summed E-state index contributed by atoms with van der Waals surface area (Å²) in [5, 5.41) is 0. The Morgan fingerprint density at radius 3 is 2.68 bits per heavy atom. The van der Waals surface area contributed by atoms with Crippen molar-refractivity contribution >= 4 is 6.29 Å². The fourth-order valence-electron chi connectivity index (χ4n) is 3.37. The van der Waals surface area contributed by atoms with Gasteiger partial charge in [0.2, 0.25) is 0 Å². The van der Waals surface area contributed by atoms with Gasteiger partial charge in [-0.3, -0.25) is 0 Å². The minimum Gasteiger partial charge on any atom is -0.488 e. The molecular weight excluding hydrogens is 236 g/mol. The molecule has 0 saturated heterocycles. The fraction of sp³-hybridized carbons (Fsp3) is 0.471. The molecule has 2 aliphatic rings. The van der Waals surface area contributed by atoms with E-state index in [4.69, 9.17) is 4.74 Å². The van der Waals surface area contributed by atoms with Crippen LogP contribution < -0.4 is 4.74 Å². The molecule has 1 atom stereocenters. The summed E-state index contributed by atoms with van der Waals surface area (Å²) in [5.74, 6) is 0.780. The monoisotopic (exact) mass is 256 g/mol. The van der Waals surface area contributed by atoms with Gasteiger partial charge in [-0.2, -0.15) is 0 Å². The van der Waals surface area contributed by atoms with Crippen LogP contribution in [0.15, 0.2) is 30.9 Å². The van der Waals surface area contributed by atoms with Gasteiger partial charge in [0.1, 0.15) is 17.6 Å². The van der Waals surface area contributed by atoms with E-state index in [1.165, 1.54) is 18.4 Å². The van der Waals surface area contributed by atoms with Crippen molar-refractivity contribution in [3.63, 3.8) is 0 Å². The Balaban J connectivity index is 2.06. The summed E-state index contributed by atoms with van der Waals surface area (Å²) >= 11 is 0. The van der Waals surface area contributed by atoms with Gasteiger partial charge in [0, 0.05) is 11.0 Å². The molecule has 0 aromatic heterocycles. The van der Waals surface area contributed by atoms with Gasteiger partial charge in [-0.1, -0.05) is 18.2 Å². The van der Waals surface area contributed by atoms with E-state index in [-0.39, 0.29) is 11.5 Å². The van der Waals surface area contributed by atoms with Crippen LogP contribution in [0.25, 0.3) is 0 Å². The fourth-order valence-corrected chi connectivity index (χ4v) is 3.37. The predicted octanol–water partition coefficient (Wildman–Crippen LogP) is 3.75. The van der Waals surface area contributed by atoms with Crippen LogP contribution in [0.2, 0.25) is 0 Å². The van der Waals surface area contributed by atoms with E-state index >= 15 is 0 Å². The number of hydrogen-bond donors (Lipinski definition) is 0. The summed E-state index contributed by atoms with van der Waals surface area (Å²) < 4.78 is 6.08. The van der Waals surface area contributed by atoms with Gasteiger partial charge in [0.05, 0.1) is 5.92 Å². The van der Waals surface area contributed by atoms with Crippen LogP contribution in [-0.4, -0.2) is 11.9 Å². The highest BCUT2D eigenvalue weighted by molar-refractivity contribution is 5.66. The molecule has 1 aromatic carbocycles. The minimum absolute atomic E-state index is 0.0898. The number of hydrogen-bond acceptors (Lipinski definition) is 2. The summed E-state index contributed by atoms with van der Waals surface area (Å²) in [5.41, 5.74) is 2.52. The second-order valence-electron chi connectivity index (χ2n) is 6.47. The molecule has 100 valence electrons. The first-order valence-electron chi connectivity index (χ1n) is 6.91. The Hall–Kier alpha value is -1.57. The number of rotatable bonds is 3. The summed E-state index contributed by atoms with van der Waals surface area (Å²) in [6.07, 6.45) is 6.17. The first kappa shape index (κ1) is 12.5. The normalized spacial score (nSPS) is 23.1. The smallest absolute Gasteiger partial charge is 0.131 e. The summed E-state index contributed by atoms with van der Waals surface area (Å²) in [4.78, 5) is 11.1. The number of benzene rings is 1. The third-order valence-electron chi connectivity index (χ3n) is 4.36. The molecule has 2 nitrogen and oxygen atoms in total. The molecule has 1 fully saturated rings. The van der Waals surface area contributed by atoms with E-state index in [1.54, 1.807) is 6.08 Å². The summed E-state index contributed by atoms with van der Waals surface area (Å²) in [6.45, 7) is 8.04. The first-order valence-corrected chi connectivity index (χ1v) is 6.91. The molecule has 1 spiro atoms. The molecule has 2 heteroatoms. The maximum absolute atomic E-state index is 11.1. The van der Waals surface area contributed by atoms with Crippen molar-refractivity contribution in [3.8, 4) is 5.75 Å². The lowest BCUT2D eigenvalue weighted by Crippen LogP contribution is -2.38. The molecule has 0 bridgehead atoms. The minimum atomic E-state index is -0.212. The average molecular weight is 256 g/mol. The van der Waals surface area contributed by atoms with Crippen molar-refractivity contribution < 1.29 is 9.53 Å². The van der Waals surface area contributed by atoms with Gasteiger partial charge in [-0.25, -0.2) is 0 Å². The second kappa shape index (κ2) is 3.96. The Labute approximate surface area is 114 Å². The maximum atomic E-state index is 11.1. The van der Waals surface area contributed by atoms with Crippen molar-refractivity contribution in [2.24, 2.45) is 0 Å². The van der Waals surface area contributed by atoms with Crippen LogP contribution >= 0.6 is 0 Å². The van der Waals surface area contributed by atoms with E-state index < -0.39 is 0 Å². The van der Waals surface area contributed by atoms with Crippen LogP contribution in [0, 0.1) is 0 Å². The highest BCUT2D eigenvalue weighted by atomic mass is 16.5. The average Bonchev–Trinajstić information content (AvgIpc) is 3.10. The standard InChI is InChI=1S/C17H20O2/c1-4-12(10-18)13-5-6-15-14(9-13)17(7-8-17)11-16(2,3)19-15/h4-6,9-10,12H,1,7-8,11H2,2-3H3. The van der Waals surface area contributed by atoms with E-state index in [9.17, 15) is 4.79 Å². The van der Waals surface area contributed by atoms with E-state index in [2.05, 4.69) is 26.5 Å². The Morgan fingerprint density at radius 1 is 1.37 bits per heavy atom. The molecule has 1 aliphatic heterocycles. The summed E-state index contributed by atoms with van der Waals surface area (Å²) in [6, 6.07) is 6.15. The third-order valence-corrected chi connectivity index (χ3v) is 4.36. The topological polar surface area (TPSA) is 26.3 Å². The van der Waals surface area contributed by atoms with Crippen molar-refractivity contribution in [1.29, 1.82) is 0 Å². The van der Waals surface area contributed by atoms with E-state index in [0.29, 0.717) is 5.41 Å². The Kier molecular flexibility index (Phi) is 2.60. The molecule has 3 rings (SSSR count). The lowest BCUT2D eigenvalue weighted by atomic mass is 9.80. The van der Waals surface area contributed by atoms with Gasteiger partial charge in [0.25, 0.3) is 0 Å². The zero-order valence-corrected chi connectivity index (χ0v) is 11.6. The molecule has 19 heavy (non-hydrogen) atoms. The molecule has 1 aromatic rings. The zero-order chi connectivity index (χ0) is 13.7. The van der Waals surface area contributed by atoms with Crippen molar-refractivity contribution in [2.75, 3.05) is 0 Å². The van der Waals surface area contributed by atoms with Crippen LogP contribution in [0.4, 0.5) is 0 Å². The molecule has 0 N–H and O–H groups in total. The SMILES string of the molecule is C=CC(C=O)c1ccc2c(c1)C1(CC1)CC(C)(C)O2. The quantitative estimate of drug-likeness (QED) is 0.608. The van der Waals surface area contributed by atoms with Crippen molar-refractivity contribution in [2.45, 2.75) is 50.0 Å². The first-order chi connectivity index (χ1) is 9.00. The van der Waals surface area contributed by atoms with Crippen molar-refractivity contribution in [3.05, 3.63) is 42.0 Å². The highest BCUT2D eigenvalue weighted by Gasteiger charge is 2.53. The van der Waals surface area contributed by atoms with E-state index in [1.807, 2.05) is 12.1 Å². The lowest BCUT2D eigenvalue weighted by Gasteiger charge is -2.38. The molecule has 0 radical (unpaired) electrons. The maximum Gasteiger partial charge on any atom is 0.131 e. The summed E-state index contributed by atoms with van der Waals surface area (Å²) in [7, 11) is 0. The molecule has 1 heterocycles. The van der Waals surface area contributed by atoms with Crippen LogP contribution in [-0.2, 0) is 10.2 Å². The molecular formula is C17H20O2. The molecule has 1 unspecified atom stereocenters. The predicted molar refractivity (Wildman–Crippen MR) is 75.7 cm³/mol. The largest absolute Gasteiger partial charge is 0.488 e. The second-order valence-corrected chi connectivity index (χ2v) is 6.47. The van der Waals surface area contributed by atoms with Crippen LogP contribution in [0.3, 0.4) is 0 Å². The van der Waals surface area contributed by atoms with Gasteiger partial charge in [-0.15, -0.1) is 6.58 Å². The number of ether oxygens (including phenoxy) is 1.